The molecule has 1 aromatic heterocycles. The van der Waals surface area contributed by atoms with Crippen molar-refractivity contribution in [1.29, 1.82) is 0 Å². The summed E-state index contributed by atoms with van der Waals surface area (Å²) >= 11 is 0. The van der Waals surface area contributed by atoms with Gasteiger partial charge in [0.05, 0.1) is 5.76 Å². The van der Waals surface area contributed by atoms with Gasteiger partial charge in [-0.2, -0.15) is 0 Å². The number of aliphatic hydroxyl groups is 1. The van der Waals surface area contributed by atoms with Crippen molar-refractivity contribution in [3.63, 3.8) is 0 Å². The van der Waals surface area contributed by atoms with E-state index in [1.165, 1.54) is 54.0 Å². The minimum absolute atomic E-state index is 0. The van der Waals surface area contributed by atoms with Crippen molar-refractivity contribution < 1.29 is 31.0 Å². The van der Waals surface area contributed by atoms with E-state index in [2.05, 4.69) is 80.7 Å². The molecule has 0 aliphatic heterocycles. The first kappa shape index (κ1) is 35.7. The maximum Gasteiger partial charge on any atom is 0.162 e. The Balaban J connectivity index is 0.000000334. The van der Waals surface area contributed by atoms with Crippen molar-refractivity contribution >= 4 is 5.78 Å². The quantitative estimate of drug-likeness (QED) is 0.128. The zero-order valence-electron chi connectivity index (χ0n) is 26.4. The first-order chi connectivity index (χ1) is 19.8. The first-order valence-corrected chi connectivity index (χ1v) is 15.8. The molecule has 42 heavy (non-hydrogen) atoms. The smallest absolute Gasteiger partial charge is 0.162 e. The van der Waals surface area contributed by atoms with Gasteiger partial charge in [0.25, 0.3) is 0 Å². The third-order valence-electron chi connectivity index (χ3n) is 8.76. The summed E-state index contributed by atoms with van der Waals surface area (Å²) in [6.07, 6.45) is 12.1. The SMILES string of the molecule is CCC(CC)C(=O)/C=C(\O)C(CC)CC.Cc1[c-]c(-c2ccc(C3CCC(c4ccccc4)CC3)cn2)cc(C)c1.[Pt]. The summed E-state index contributed by atoms with van der Waals surface area (Å²) < 4.78 is 0. The first-order valence-electron chi connectivity index (χ1n) is 15.8. The van der Waals surface area contributed by atoms with E-state index in [4.69, 9.17) is 4.98 Å². The van der Waals surface area contributed by atoms with Crippen molar-refractivity contribution in [2.75, 3.05) is 0 Å². The number of hydrogen-bond acceptors (Lipinski definition) is 3. The molecule has 1 heterocycles. The van der Waals surface area contributed by atoms with E-state index in [0.717, 1.165) is 42.9 Å². The molecule has 2 aromatic carbocycles. The number of aryl methyl sites for hydroxylation is 2. The normalized spacial score (nSPS) is 16.9. The molecule has 4 heteroatoms. The number of aromatic nitrogens is 1. The topological polar surface area (TPSA) is 50.2 Å². The van der Waals surface area contributed by atoms with Crippen LogP contribution in [-0.2, 0) is 25.9 Å². The monoisotopic (exact) mass is 747 g/mol. The number of carbonyl (C=O) groups is 1. The Bertz CT molecular complexity index is 1220. The molecule has 4 rings (SSSR count). The molecular formula is C38H50NO2Pt-. The maximum atomic E-state index is 11.7. The van der Waals surface area contributed by atoms with Crippen LogP contribution in [0.5, 0.6) is 0 Å². The zero-order chi connectivity index (χ0) is 29.8. The number of allylic oxidation sites excluding steroid dienone is 2. The van der Waals surface area contributed by atoms with E-state index in [0.29, 0.717) is 5.92 Å². The fourth-order valence-corrected chi connectivity index (χ4v) is 6.10. The molecule has 1 aliphatic carbocycles. The fraction of sp³-hybridized carbons (Fsp3) is 0.474. The van der Waals surface area contributed by atoms with Crippen LogP contribution in [0.25, 0.3) is 11.3 Å². The largest absolute Gasteiger partial charge is 0.512 e. The molecule has 3 aromatic rings. The second-order valence-electron chi connectivity index (χ2n) is 11.7. The van der Waals surface area contributed by atoms with E-state index < -0.39 is 0 Å². The Hall–Kier alpha value is -2.51. The van der Waals surface area contributed by atoms with Crippen LogP contribution in [0.1, 0.15) is 113 Å². The molecule has 0 bridgehead atoms. The molecule has 3 nitrogen and oxygen atoms in total. The van der Waals surface area contributed by atoms with Crippen LogP contribution in [0.2, 0.25) is 0 Å². The third-order valence-corrected chi connectivity index (χ3v) is 8.76. The number of nitrogens with zero attached hydrogens (tertiary/aromatic N) is 1. The van der Waals surface area contributed by atoms with Crippen molar-refractivity contribution in [3.8, 4) is 11.3 Å². The van der Waals surface area contributed by atoms with Gasteiger partial charge in [-0.3, -0.25) is 4.79 Å². The summed E-state index contributed by atoms with van der Waals surface area (Å²) in [5, 5.41) is 9.76. The van der Waals surface area contributed by atoms with Gasteiger partial charge in [0.2, 0.25) is 0 Å². The number of ketones is 1. The molecule has 230 valence electrons. The van der Waals surface area contributed by atoms with Gasteiger partial charge in [-0.1, -0.05) is 84.0 Å². The van der Waals surface area contributed by atoms with E-state index in [1.807, 2.05) is 27.7 Å². The predicted molar refractivity (Wildman–Crippen MR) is 172 cm³/mol. The van der Waals surface area contributed by atoms with Gasteiger partial charge < -0.3 is 10.1 Å². The van der Waals surface area contributed by atoms with Crippen molar-refractivity contribution in [3.05, 3.63) is 101 Å². The Morgan fingerprint density at radius 3 is 1.93 bits per heavy atom. The van der Waals surface area contributed by atoms with E-state index in [9.17, 15) is 9.90 Å². The maximum absolute atomic E-state index is 11.7. The van der Waals surface area contributed by atoms with Crippen molar-refractivity contribution in [2.45, 2.75) is 105 Å². The zero-order valence-corrected chi connectivity index (χ0v) is 28.7. The Morgan fingerprint density at radius 1 is 0.857 bits per heavy atom. The van der Waals surface area contributed by atoms with E-state index in [-0.39, 0.29) is 44.4 Å². The molecule has 0 atom stereocenters. The van der Waals surface area contributed by atoms with Gasteiger partial charge in [-0.05, 0) is 80.0 Å². The van der Waals surface area contributed by atoms with Crippen LogP contribution in [0.3, 0.4) is 0 Å². The average Bonchev–Trinajstić information content (AvgIpc) is 2.99. The van der Waals surface area contributed by atoms with Crippen LogP contribution >= 0.6 is 0 Å². The summed E-state index contributed by atoms with van der Waals surface area (Å²) in [6.45, 7) is 12.3. The van der Waals surface area contributed by atoms with Crippen molar-refractivity contribution in [2.24, 2.45) is 11.8 Å². The number of rotatable bonds is 10. The summed E-state index contributed by atoms with van der Waals surface area (Å²) in [6, 6.07) is 23.2. The minimum Gasteiger partial charge on any atom is -0.512 e. The van der Waals surface area contributed by atoms with Crippen LogP contribution < -0.4 is 0 Å². The molecule has 1 saturated carbocycles. The number of hydrogen-bond donors (Lipinski definition) is 1. The van der Waals surface area contributed by atoms with Gasteiger partial charge in [0.1, 0.15) is 0 Å². The molecular weight excluding hydrogens is 698 g/mol. The second-order valence-corrected chi connectivity index (χ2v) is 11.7. The molecule has 1 aliphatic rings. The molecule has 0 unspecified atom stereocenters. The fourth-order valence-electron chi connectivity index (χ4n) is 6.10. The summed E-state index contributed by atoms with van der Waals surface area (Å²) in [4.78, 5) is 16.5. The Morgan fingerprint density at radius 2 is 1.43 bits per heavy atom. The molecule has 0 radical (unpaired) electrons. The number of pyridine rings is 1. The van der Waals surface area contributed by atoms with Gasteiger partial charge >= 0.3 is 0 Å². The number of carbonyl (C=O) groups excluding carboxylic acids is 1. The molecule has 0 amide bonds. The van der Waals surface area contributed by atoms with E-state index in [1.54, 1.807) is 0 Å². The van der Waals surface area contributed by atoms with Crippen LogP contribution in [0.4, 0.5) is 0 Å². The number of benzene rings is 2. The minimum atomic E-state index is 0. The average molecular weight is 748 g/mol. The summed E-state index contributed by atoms with van der Waals surface area (Å²) in [7, 11) is 0. The van der Waals surface area contributed by atoms with Gasteiger partial charge in [-0.25, -0.2) is 0 Å². The Labute approximate surface area is 269 Å². The number of aliphatic hydroxyl groups excluding tert-OH is 1. The summed E-state index contributed by atoms with van der Waals surface area (Å²) in [5.74, 6) is 1.93. The van der Waals surface area contributed by atoms with Crippen LogP contribution in [-0.4, -0.2) is 15.9 Å². The van der Waals surface area contributed by atoms with Crippen LogP contribution in [0.15, 0.2) is 72.6 Å². The van der Waals surface area contributed by atoms with Crippen LogP contribution in [0, 0.1) is 31.7 Å². The van der Waals surface area contributed by atoms with Crippen molar-refractivity contribution in [1.82, 2.24) is 4.98 Å². The van der Waals surface area contributed by atoms with E-state index >= 15 is 0 Å². The van der Waals surface area contributed by atoms with Gasteiger partial charge in [0.15, 0.2) is 5.78 Å². The van der Waals surface area contributed by atoms with Gasteiger partial charge in [-0.15, -0.1) is 34.9 Å². The summed E-state index contributed by atoms with van der Waals surface area (Å²) in [5.41, 5.74) is 7.46. The molecule has 1 fully saturated rings. The second kappa shape index (κ2) is 18.2. The predicted octanol–water partition coefficient (Wildman–Crippen LogP) is 10.5. The van der Waals surface area contributed by atoms with Gasteiger partial charge in [0, 0.05) is 45.2 Å². The molecule has 0 saturated heterocycles. The molecule has 1 N–H and O–H groups in total. The molecule has 0 spiro atoms. The third kappa shape index (κ3) is 10.3. The Kier molecular flexibility index (Phi) is 15.5. The standard InChI is InChI=1S/C25H26N.C13H24O2.Pt/c1-18-14-19(2)16-24(15-18)25-13-12-23(17-26-25)22-10-8-21(9-11-22)20-6-4-3-5-7-20;1-5-10(6-2)12(14)9-13(15)11(7-3)8-4;/h3-7,12-15,17,21-22H,8-11H2,1-2H3;9-11,14H,5-8H2,1-4H3;/q-1;;/b;12-9-;.